The van der Waals surface area contributed by atoms with Gasteiger partial charge in [0.05, 0.1) is 13.0 Å². The zero-order valence-corrected chi connectivity index (χ0v) is 13.6. The lowest BCUT2D eigenvalue weighted by Gasteiger charge is -2.34. The summed E-state index contributed by atoms with van der Waals surface area (Å²) in [4.78, 5) is 25.7. The quantitative estimate of drug-likeness (QED) is 0.764. The summed E-state index contributed by atoms with van der Waals surface area (Å²) in [5, 5.41) is 9.16. The second-order valence-electron chi connectivity index (χ2n) is 6.69. The van der Waals surface area contributed by atoms with Crippen LogP contribution in [0, 0.1) is 0 Å². The minimum Gasteiger partial charge on any atom is -0.460 e. The number of hydrogen-bond acceptors (Lipinski definition) is 4. The number of aliphatic hydroxyl groups is 1. The van der Waals surface area contributed by atoms with Crippen molar-refractivity contribution in [3.05, 3.63) is 0 Å². The molecular weight excluding hydrogens is 270 g/mol. The number of hydrogen-bond donors (Lipinski definition) is 1. The van der Waals surface area contributed by atoms with Gasteiger partial charge in [-0.2, -0.15) is 0 Å². The summed E-state index contributed by atoms with van der Waals surface area (Å²) in [6.45, 7) is 5.76. The molecule has 1 saturated carbocycles. The van der Waals surface area contributed by atoms with Gasteiger partial charge >= 0.3 is 5.97 Å². The summed E-state index contributed by atoms with van der Waals surface area (Å²) in [6, 6.07) is 0.219. The van der Waals surface area contributed by atoms with E-state index in [0.29, 0.717) is 6.54 Å². The Balaban J connectivity index is 2.47. The molecule has 21 heavy (non-hydrogen) atoms. The summed E-state index contributed by atoms with van der Waals surface area (Å²) in [7, 11) is 0. The number of carbonyl (C=O) groups excluding carboxylic acids is 2. The van der Waals surface area contributed by atoms with E-state index >= 15 is 0 Å². The Bertz CT molecular complexity index is 343. The fourth-order valence-corrected chi connectivity index (χ4v) is 2.76. The van der Waals surface area contributed by atoms with Gasteiger partial charge in [-0.15, -0.1) is 0 Å². The van der Waals surface area contributed by atoms with Crippen LogP contribution in [-0.4, -0.2) is 46.7 Å². The molecule has 1 aliphatic rings. The second kappa shape index (κ2) is 8.37. The largest absolute Gasteiger partial charge is 0.460 e. The molecular formula is C16H29NO4. The van der Waals surface area contributed by atoms with Gasteiger partial charge in [0.25, 0.3) is 0 Å². The molecule has 0 unspecified atom stereocenters. The van der Waals surface area contributed by atoms with Gasteiger partial charge < -0.3 is 14.7 Å². The maximum absolute atomic E-state index is 12.3. The highest BCUT2D eigenvalue weighted by Crippen LogP contribution is 2.23. The molecule has 1 rings (SSSR count). The molecule has 0 bridgehead atoms. The minimum absolute atomic E-state index is 0.0331. The molecule has 1 N–H and O–H groups in total. The highest BCUT2D eigenvalue weighted by Gasteiger charge is 2.25. The number of carbonyl (C=O) groups is 2. The Labute approximate surface area is 127 Å². The number of nitrogens with zero attached hydrogens (tertiary/aromatic N) is 1. The third-order valence-electron chi connectivity index (χ3n) is 3.64. The average Bonchev–Trinajstić information content (AvgIpc) is 2.41. The van der Waals surface area contributed by atoms with Crippen LogP contribution in [0.5, 0.6) is 0 Å². The third-order valence-corrected chi connectivity index (χ3v) is 3.64. The SMILES string of the molecule is CC(C)(C)OC(=O)CCC(=O)N(CCO)C1CCCCC1. The normalized spacial score (nSPS) is 16.6. The van der Waals surface area contributed by atoms with Gasteiger partial charge in [0.15, 0.2) is 0 Å². The van der Waals surface area contributed by atoms with Gasteiger partial charge in [-0.1, -0.05) is 19.3 Å². The molecule has 1 amide bonds. The number of ether oxygens (including phenoxy) is 1. The van der Waals surface area contributed by atoms with Crippen molar-refractivity contribution in [1.82, 2.24) is 4.90 Å². The van der Waals surface area contributed by atoms with E-state index in [1.165, 1.54) is 6.42 Å². The standard InChI is InChI=1S/C16H29NO4/c1-16(2,3)21-15(20)10-9-14(19)17(11-12-18)13-7-5-4-6-8-13/h13,18H,4-12H2,1-3H3. The van der Waals surface area contributed by atoms with Gasteiger partial charge in [0, 0.05) is 19.0 Å². The molecule has 1 aliphatic carbocycles. The first-order valence-corrected chi connectivity index (χ1v) is 7.95. The zero-order chi connectivity index (χ0) is 15.9. The smallest absolute Gasteiger partial charge is 0.306 e. The van der Waals surface area contributed by atoms with E-state index in [9.17, 15) is 9.59 Å². The van der Waals surface area contributed by atoms with Crippen LogP contribution in [0.4, 0.5) is 0 Å². The van der Waals surface area contributed by atoms with E-state index in [0.717, 1.165) is 25.7 Å². The van der Waals surface area contributed by atoms with Gasteiger partial charge in [0.2, 0.25) is 5.91 Å². The van der Waals surface area contributed by atoms with E-state index < -0.39 is 5.60 Å². The summed E-state index contributed by atoms with van der Waals surface area (Å²) in [6.07, 6.45) is 5.74. The van der Waals surface area contributed by atoms with Crippen molar-refractivity contribution < 1.29 is 19.4 Å². The van der Waals surface area contributed by atoms with Crippen LogP contribution < -0.4 is 0 Å². The van der Waals surface area contributed by atoms with E-state index in [2.05, 4.69) is 0 Å². The second-order valence-corrected chi connectivity index (χ2v) is 6.69. The lowest BCUT2D eigenvalue weighted by molar-refractivity contribution is -0.156. The van der Waals surface area contributed by atoms with Crippen molar-refractivity contribution in [3.8, 4) is 0 Å². The van der Waals surface area contributed by atoms with Gasteiger partial charge in [-0.05, 0) is 33.6 Å². The van der Waals surface area contributed by atoms with Crippen LogP contribution in [0.3, 0.4) is 0 Å². The maximum Gasteiger partial charge on any atom is 0.306 e. The first-order valence-electron chi connectivity index (χ1n) is 7.95. The van der Waals surface area contributed by atoms with Gasteiger partial charge in [-0.3, -0.25) is 9.59 Å². The molecule has 0 heterocycles. The van der Waals surface area contributed by atoms with Crippen LogP contribution in [0.1, 0.15) is 65.7 Å². The van der Waals surface area contributed by atoms with Crippen LogP contribution in [0.2, 0.25) is 0 Å². The molecule has 0 aromatic carbocycles. The Morgan fingerprint density at radius 1 is 1.14 bits per heavy atom. The van der Waals surface area contributed by atoms with Crippen LogP contribution >= 0.6 is 0 Å². The molecule has 0 aromatic heterocycles. The predicted molar refractivity (Wildman–Crippen MR) is 80.8 cm³/mol. The lowest BCUT2D eigenvalue weighted by atomic mass is 9.94. The highest BCUT2D eigenvalue weighted by atomic mass is 16.6. The fraction of sp³-hybridized carbons (Fsp3) is 0.875. The van der Waals surface area contributed by atoms with Crippen molar-refractivity contribution in [1.29, 1.82) is 0 Å². The molecule has 0 spiro atoms. The molecule has 0 atom stereocenters. The Morgan fingerprint density at radius 2 is 1.76 bits per heavy atom. The Morgan fingerprint density at radius 3 is 2.29 bits per heavy atom. The van der Waals surface area contributed by atoms with Crippen molar-refractivity contribution in [2.45, 2.75) is 77.4 Å². The molecule has 0 aliphatic heterocycles. The summed E-state index contributed by atoms with van der Waals surface area (Å²) in [5.74, 6) is -0.398. The maximum atomic E-state index is 12.3. The molecule has 5 heteroatoms. The van der Waals surface area contributed by atoms with E-state index in [-0.39, 0.29) is 37.4 Å². The summed E-state index contributed by atoms with van der Waals surface area (Å²) in [5.41, 5.74) is -0.520. The van der Waals surface area contributed by atoms with Gasteiger partial charge in [0.1, 0.15) is 5.60 Å². The fourth-order valence-electron chi connectivity index (χ4n) is 2.76. The van der Waals surface area contributed by atoms with Crippen LogP contribution in [0.15, 0.2) is 0 Å². The van der Waals surface area contributed by atoms with Crippen LogP contribution in [0.25, 0.3) is 0 Å². The Hall–Kier alpha value is -1.10. The number of esters is 1. The monoisotopic (exact) mass is 299 g/mol. The molecule has 0 saturated heterocycles. The number of amides is 1. The van der Waals surface area contributed by atoms with Crippen molar-refractivity contribution in [2.24, 2.45) is 0 Å². The molecule has 122 valence electrons. The topological polar surface area (TPSA) is 66.8 Å². The number of rotatable bonds is 6. The number of aliphatic hydroxyl groups excluding tert-OH is 1. The van der Waals surface area contributed by atoms with Crippen LogP contribution in [-0.2, 0) is 14.3 Å². The molecule has 0 aromatic rings. The Kier molecular flexibility index (Phi) is 7.15. The highest BCUT2D eigenvalue weighted by molar-refractivity contribution is 5.81. The zero-order valence-electron chi connectivity index (χ0n) is 13.6. The first kappa shape index (κ1) is 18.0. The van der Waals surface area contributed by atoms with E-state index in [1.807, 2.05) is 20.8 Å². The van der Waals surface area contributed by atoms with Gasteiger partial charge in [-0.25, -0.2) is 0 Å². The third kappa shape index (κ3) is 6.93. The first-order chi connectivity index (χ1) is 9.83. The van der Waals surface area contributed by atoms with Crippen molar-refractivity contribution in [3.63, 3.8) is 0 Å². The lowest BCUT2D eigenvalue weighted by Crippen LogP contribution is -2.43. The van der Waals surface area contributed by atoms with E-state index in [1.54, 1.807) is 4.90 Å². The van der Waals surface area contributed by atoms with Crippen molar-refractivity contribution in [2.75, 3.05) is 13.2 Å². The molecule has 0 radical (unpaired) electrons. The summed E-state index contributed by atoms with van der Waals surface area (Å²) < 4.78 is 5.21. The molecule has 1 fully saturated rings. The predicted octanol–water partition coefficient (Wildman–Crippen LogP) is 2.26. The average molecular weight is 299 g/mol. The summed E-state index contributed by atoms with van der Waals surface area (Å²) >= 11 is 0. The van der Waals surface area contributed by atoms with E-state index in [4.69, 9.17) is 9.84 Å². The van der Waals surface area contributed by atoms with Crippen molar-refractivity contribution >= 4 is 11.9 Å². The minimum atomic E-state index is -0.520. The molecule has 5 nitrogen and oxygen atoms in total.